The van der Waals surface area contributed by atoms with E-state index in [9.17, 15) is 0 Å². The SMILES string of the molecule is C(=C\c1ccc(-n2c3ccccc3c3ccccc32)cc1)/c1ccc(OCCOc2ccc3ccc4cccc5ccc2c3c45)cc1. The maximum absolute atomic E-state index is 6.23. The number of ether oxygens (including phenoxy) is 2. The van der Waals surface area contributed by atoms with Gasteiger partial charge in [0.2, 0.25) is 0 Å². The summed E-state index contributed by atoms with van der Waals surface area (Å²) in [5.74, 6) is 1.72. The molecule has 47 heavy (non-hydrogen) atoms. The molecule has 0 atom stereocenters. The van der Waals surface area contributed by atoms with Gasteiger partial charge in [-0.1, -0.05) is 115 Å². The summed E-state index contributed by atoms with van der Waals surface area (Å²) in [4.78, 5) is 0. The van der Waals surface area contributed by atoms with Gasteiger partial charge in [0.15, 0.2) is 0 Å². The van der Waals surface area contributed by atoms with Crippen LogP contribution in [0.15, 0.2) is 152 Å². The van der Waals surface area contributed by atoms with Gasteiger partial charge in [-0.3, -0.25) is 0 Å². The Hall–Kier alpha value is -6.06. The molecule has 3 heteroatoms. The molecule has 9 aromatic rings. The van der Waals surface area contributed by atoms with Gasteiger partial charge in [-0.15, -0.1) is 0 Å². The monoisotopic (exact) mass is 605 g/mol. The molecule has 0 aliphatic heterocycles. The van der Waals surface area contributed by atoms with Crippen LogP contribution >= 0.6 is 0 Å². The van der Waals surface area contributed by atoms with Gasteiger partial charge in [0.25, 0.3) is 0 Å². The molecule has 224 valence electrons. The molecule has 3 nitrogen and oxygen atoms in total. The molecule has 0 saturated carbocycles. The summed E-state index contributed by atoms with van der Waals surface area (Å²) in [5.41, 5.74) is 5.87. The molecule has 0 spiro atoms. The second-order valence-corrected chi connectivity index (χ2v) is 12.0. The third-order valence-corrected chi connectivity index (χ3v) is 9.18. The van der Waals surface area contributed by atoms with Gasteiger partial charge in [0.05, 0.1) is 11.0 Å². The summed E-state index contributed by atoms with van der Waals surface area (Å²) < 4.78 is 14.6. The van der Waals surface area contributed by atoms with Crippen LogP contribution in [-0.2, 0) is 0 Å². The van der Waals surface area contributed by atoms with Gasteiger partial charge in [-0.2, -0.15) is 0 Å². The average molecular weight is 606 g/mol. The molecule has 0 aliphatic rings. The van der Waals surface area contributed by atoms with E-state index in [4.69, 9.17) is 9.47 Å². The standard InChI is InChI=1S/C44H31NO2/c1-3-10-40-37(8-1)38-9-2-4-11-41(38)45(40)35-22-14-30(15-23-35)12-13-31-16-24-36(25-17-31)46-28-29-47-42-27-21-34-19-18-32-6-5-7-33-20-26-39(42)44(34)43(32)33/h1-27H,28-29H2/b13-12+. The van der Waals surface area contributed by atoms with Crippen molar-refractivity contribution in [3.63, 3.8) is 0 Å². The Morgan fingerprint density at radius 1 is 0.426 bits per heavy atom. The van der Waals surface area contributed by atoms with E-state index >= 15 is 0 Å². The van der Waals surface area contributed by atoms with Gasteiger partial charge < -0.3 is 14.0 Å². The lowest BCUT2D eigenvalue weighted by Gasteiger charge is -2.15. The summed E-state index contributed by atoms with van der Waals surface area (Å²) in [6, 6.07) is 53.6. The van der Waals surface area contributed by atoms with E-state index in [0.717, 1.165) is 33.7 Å². The van der Waals surface area contributed by atoms with E-state index in [2.05, 4.69) is 156 Å². The first-order valence-electron chi connectivity index (χ1n) is 16.1. The average Bonchev–Trinajstić information content (AvgIpc) is 3.47. The molecule has 1 aromatic heterocycles. The molecule has 0 bridgehead atoms. The number of hydrogen-bond donors (Lipinski definition) is 0. The van der Waals surface area contributed by atoms with Crippen LogP contribution in [0.4, 0.5) is 0 Å². The fourth-order valence-electron chi connectivity index (χ4n) is 6.95. The zero-order valence-corrected chi connectivity index (χ0v) is 25.8. The molecule has 0 aliphatic carbocycles. The summed E-state index contributed by atoms with van der Waals surface area (Å²) in [7, 11) is 0. The maximum atomic E-state index is 6.23. The summed E-state index contributed by atoms with van der Waals surface area (Å²) in [6.45, 7) is 0.936. The number of nitrogens with zero attached hydrogens (tertiary/aromatic N) is 1. The van der Waals surface area contributed by atoms with E-state index in [0.29, 0.717) is 13.2 Å². The second-order valence-electron chi connectivity index (χ2n) is 12.0. The lowest BCUT2D eigenvalue weighted by molar-refractivity contribution is 0.219. The number of hydrogen-bond acceptors (Lipinski definition) is 2. The highest BCUT2D eigenvalue weighted by molar-refractivity contribution is 6.24. The van der Waals surface area contributed by atoms with Crippen molar-refractivity contribution >= 4 is 66.3 Å². The second kappa shape index (κ2) is 11.4. The highest BCUT2D eigenvalue weighted by Gasteiger charge is 2.12. The zero-order valence-electron chi connectivity index (χ0n) is 25.8. The number of fused-ring (bicyclic) bond motifs is 3. The van der Waals surface area contributed by atoms with E-state index in [-0.39, 0.29) is 0 Å². The van der Waals surface area contributed by atoms with Crippen molar-refractivity contribution in [3.8, 4) is 17.2 Å². The summed E-state index contributed by atoms with van der Waals surface area (Å²) >= 11 is 0. The molecule has 8 aromatic carbocycles. The first-order chi connectivity index (χ1) is 23.3. The third kappa shape index (κ3) is 4.84. The van der Waals surface area contributed by atoms with Crippen LogP contribution < -0.4 is 9.47 Å². The van der Waals surface area contributed by atoms with Crippen molar-refractivity contribution in [1.82, 2.24) is 4.57 Å². The van der Waals surface area contributed by atoms with Gasteiger partial charge in [0.1, 0.15) is 24.7 Å². The molecule has 0 saturated heterocycles. The van der Waals surface area contributed by atoms with Gasteiger partial charge in [-0.25, -0.2) is 0 Å². The molecule has 0 N–H and O–H groups in total. The normalized spacial score (nSPS) is 11.9. The minimum absolute atomic E-state index is 0.468. The molecular weight excluding hydrogens is 574 g/mol. The Morgan fingerprint density at radius 3 is 1.66 bits per heavy atom. The first-order valence-corrected chi connectivity index (χ1v) is 16.1. The minimum Gasteiger partial charge on any atom is -0.490 e. The van der Waals surface area contributed by atoms with Crippen molar-refractivity contribution in [2.45, 2.75) is 0 Å². The highest BCUT2D eigenvalue weighted by atomic mass is 16.5. The van der Waals surface area contributed by atoms with Crippen LogP contribution in [0.5, 0.6) is 11.5 Å². The number of benzene rings is 8. The van der Waals surface area contributed by atoms with Crippen molar-refractivity contribution in [1.29, 1.82) is 0 Å². The first kappa shape index (κ1) is 27.3. The van der Waals surface area contributed by atoms with Crippen molar-refractivity contribution in [2.24, 2.45) is 0 Å². The van der Waals surface area contributed by atoms with E-state index < -0.39 is 0 Å². The van der Waals surface area contributed by atoms with E-state index in [1.807, 2.05) is 12.1 Å². The smallest absolute Gasteiger partial charge is 0.127 e. The van der Waals surface area contributed by atoms with Crippen LogP contribution in [0.2, 0.25) is 0 Å². The van der Waals surface area contributed by atoms with E-state index in [1.165, 1.54) is 48.7 Å². The van der Waals surface area contributed by atoms with Gasteiger partial charge in [0, 0.05) is 27.2 Å². The van der Waals surface area contributed by atoms with Crippen molar-refractivity contribution in [2.75, 3.05) is 13.2 Å². The number of rotatable bonds is 8. The molecule has 1 heterocycles. The Morgan fingerprint density at radius 2 is 0.979 bits per heavy atom. The number of para-hydroxylation sites is 2. The predicted molar refractivity (Wildman–Crippen MR) is 197 cm³/mol. The fraction of sp³-hybridized carbons (Fsp3) is 0.0455. The van der Waals surface area contributed by atoms with Gasteiger partial charge >= 0.3 is 0 Å². The molecule has 0 radical (unpaired) electrons. The summed E-state index contributed by atoms with van der Waals surface area (Å²) in [6.07, 6.45) is 4.28. The van der Waals surface area contributed by atoms with Gasteiger partial charge in [-0.05, 0) is 81.2 Å². The predicted octanol–water partition coefficient (Wildman–Crippen LogP) is 11.3. The topological polar surface area (TPSA) is 23.4 Å². The Balaban J connectivity index is 0.849. The Kier molecular flexibility index (Phi) is 6.60. The largest absolute Gasteiger partial charge is 0.490 e. The molecular formula is C44H31NO2. The lowest BCUT2D eigenvalue weighted by atomic mass is 9.94. The fourth-order valence-corrected chi connectivity index (χ4v) is 6.95. The molecule has 0 amide bonds. The Bertz CT molecular complexity index is 2490. The van der Waals surface area contributed by atoms with Crippen molar-refractivity contribution < 1.29 is 9.47 Å². The van der Waals surface area contributed by atoms with Crippen LogP contribution in [0.3, 0.4) is 0 Å². The minimum atomic E-state index is 0.468. The maximum Gasteiger partial charge on any atom is 0.127 e. The zero-order chi connectivity index (χ0) is 31.2. The lowest BCUT2D eigenvalue weighted by Crippen LogP contribution is -2.09. The molecule has 9 rings (SSSR count). The van der Waals surface area contributed by atoms with Crippen LogP contribution in [0, 0.1) is 0 Å². The van der Waals surface area contributed by atoms with E-state index in [1.54, 1.807) is 0 Å². The van der Waals surface area contributed by atoms with Crippen LogP contribution in [0.1, 0.15) is 11.1 Å². The highest BCUT2D eigenvalue weighted by Crippen LogP contribution is 2.38. The third-order valence-electron chi connectivity index (χ3n) is 9.18. The number of aromatic nitrogens is 1. The quantitative estimate of drug-likeness (QED) is 0.0977. The van der Waals surface area contributed by atoms with Crippen molar-refractivity contribution in [3.05, 3.63) is 163 Å². The molecule has 0 fully saturated rings. The Labute approximate surface area is 272 Å². The van der Waals surface area contributed by atoms with Crippen LogP contribution in [-0.4, -0.2) is 17.8 Å². The summed E-state index contributed by atoms with van der Waals surface area (Å²) in [5, 5.41) is 10.0. The molecule has 0 unspecified atom stereocenters. The van der Waals surface area contributed by atoms with Crippen LogP contribution in [0.25, 0.3) is 72.0 Å².